The van der Waals surface area contributed by atoms with Gasteiger partial charge in [-0.1, -0.05) is 44.0 Å². The molecule has 0 aliphatic heterocycles. The summed E-state index contributed by atoms with van der Waals surface area (Å²) < 4.78 is 16.3. The number of hydrogen-bond acceptors (Lipinski definition) is 5. The summed E-state index contributed by atoms with van der Waals surface area (Å²) in [5, 5.41) is 3.40. The number of carbonyl (C=O) groups is 1. The lowest BCUT2D eigenvalue weighted by Crippen LogP contribution is -2.11. The molecule has 0 aliphatic rings. The van der Waals surface area contributed by atoms with Crippen LogP contribution >= 0.6 is 0 Å². The number of methoxy groups -OCH3 is 2. The molecule has 0 spiro atoms. The number of carbonyl (C=O) groups excluding carboxylic acids is 1. The van der Waals surface area contributed by atoms with Crippen LogP contribution in [0.3, 0.4) is 0 Å². The molecule has 34 heavy (non-hydrogen) atoms. The second kappa shape index (κ2) is 11.8. The van der Waals surface area contributed by atoms with Gasteiger partial charge in [-0.25, -0.2) is 0 Å². The van der Waals surface area contributed by atoms with Crippen LogP contribution in [0.4, 0.5) is 5.69 Å². The highest BCUT2D eigenvalue weighted by Crippen LogP contribution is 2.27. The highest BCUT2D eigenvalue weighted by Gasteiger charge is 2.16. The van der Waals surface area contributed by atoms with Crippen molar-refractivity contribution in [3.05, 3.63) is 82.9 Å². The molecule has 176 valence electrons. The molecule has 1 N–H and O–H groups in total. The van der Waals surface area contributed by atoms with Crippen LogP contribution in [0.5, 0.6) is 17.2 Å². The quantitative estimate of drug-likeness (QED) is 0.295. The SMILES string of the molecule is C#CCOc1ccc(NCCc2cc(OC)cc(OC)c2)c(C(=O)c2ccc(C(C)C)cc2)c1. The molecule has 0 bridgehead atoms. The molecule has 0 fully saturated rings. The lowest BCUT2D eigenvalue weighted by Gasteiger charge is -2.15. The van der Waals surface area contributed by atoms with Gasteiger partial charge in [0.05, 0.1) is 14.2 Å². The third-order valence-electron chi connectivity index (χ3n) is 5.54. The molecule has 5 heteroatoms. The highest BCUT2D eigenvalue weighted by atomic mass is 16.5. The first-order chi connectivity index (χ1) is 16.4. The van der Waals surface area contributed by atoms with Crippen molar-refractivity contribution in [3.63, 3.8) is 0 Å². The monoisotopic (exact) mass is 457 g/mol. The van der Waals surface area contributed by atoms with Gasteiger partial charge in [0.2, 0.25) is 0 Å². The Morgan fingerprint density at radius 2 is 1.62 bits per heavy atom. The molecule has 0 aliphatic carbocycles. The van der Waals surface area contributed by atoms with E-state index in [1.165, 1.54) is 5.56 Å². The number of ketones is 1. The minimum Gasteiger partial charge on any atom is -0.497 e. The minimum absolute atomic E-state index is 0.0768. The number of ether oxygens (including phenoxy) is 3. The molecule has 3 aromatic rings. The van der Waals surface area contributed by atoms with E-state index in [2.05, 4.69) is 25.1 Å². The third kappa shape index (κ3) is 6.32. The standard InChI is InChI=1S/C29H31NO4/c1-6-15-34-24-11-12-28(30-14-13-21-16-25(32-4)18-26(17-21)33-5)27(19-24)29(31)23-9-7-22(8-10-23)20(2)3/h1,7-12,16-20,30H,13-15H2,2-5H3. The fourth-order valence-corrected chi connectivity index (χ4v) is 3.61. The van der Waals surface area contributed by atoms with Crippen molar-refractivity contribution in [3.8, 4) is 29.6 Å². The fraction of sp³-hybridized carbons (Fsp3) is 0.276. The van der Waals surface area contributed by atoms with Gasteiger partial charge in [-0.3, -0.25) is 4.79 Å². The molecular formula is C29H31NO4. The van der Waals surface area contributed by atoms with Gasteiger partial charge in [-0.15, -0.1) is 6.42 Å². The van der Waals surface area contributed by atoms with Crippen LogP contribution in [-0.4, -0.2) is 33.2 Å². The van der Waals surface area contributed by atoms with E-state index in [0.717, 1.165) is 29.2 Å². The largest absolute Gasteiger partial charge is 0.497 e. The molecule has 0 unspecified atom stereocenters. The number of benzene rings is 3. The van der Waals surface area contributed by atoms with E-state index in [-0.39, 0.29) is 12.4 Å². The van der Waals surface area contributed by atoms with Crippen LogP contribution in [0.2, 0.25) is 0 Å². The molecule has 0 heterocycles. The number of hydrogen-bond donors (Lipinski definition) is 1. The van der Waals surface area contributed by atoms with E-state index in [1.807, 2.05) is 54.6 Å². The molecule has 0 amide bonds. The normalized spacial score (nSPS) is 10.5. The van der Waals surface area contributed by atoms with Crippen LogP contribution in [0.1, 0.15) is 46.8 Å². The molecular weight excluding hydrogens is 426 g/mol. The van der Waals surface area contributed by atoms with Gasteiger partial charge < -0.3 is 19.5 Å². The summed E-state index contributed by atoms with van der Waals surface area (Å²) in [6.07, 6.45) is 6.05. The van der Waals surface area contributed by atoms with Gasteiger partial charge in [-0.05, 0) is 53.8 Å². The summed E-state index contributed by atoms with van der Waals surface area (Å²) in [6, 6.07) is 18.9. The van der Waals surface area contributed by atoms with E-state index in [0.29, 0.717) is 29.3 Å². The Morgan fingerprint density at radius 3 is 2.21 bits per heavy atom. The number of anilines is 1. The van der Waals surface area contributed by atoms with Crippen molar-refractivity contribution >= 4 is 11.5 Å². The maximum Gasteiger partial charge on any atom is 0.195 e. The Kier molecular flexibility index (Phi) is 8.59. The van der Waals surface area contributed by atoms with E-state index < -0.39 is 0 Å². The van der Waals surface area contributed by atoms with Crippen molar-refractivity contribution in [1.29, 1.82) is 0 Å². The Labute approximate surface area is 202 Å². The highest BCUT2D eigenvalue weighted by molar-refractivity contribution is 6.12. The number of nitrogens with one attached hydrogen (secondary N) is 1. The van der Waals surface area contributed by atoms with Gasteiger partial charge in [0, 0.05) is 29.4 Å². The lowest BCUT2D eigenvalue weighted by atomic mass is 9.97. The molecule has 3 aromatic carbocycles. The van der Waals surface area contributed by atoms with E-state index >= 15 is 0 Å². The molecule has 0 atom stereocenters. The molecule has 0 aromatic heterocycles. The Hall–Kier alpha value is -3.91. The summed E-state index contributed by atoms with van der Waals surface area (Å²) in [5.74, 6) is 4.82. The predicted octanol–water partition coefficient (Wildman–Crippen LogP) is 5.72. The zero-order valence-electron chi connectivity index (χ0n) is 20.2. The molecule has 0 radical (unpaired) electrons. The number of terminal acetylenes is 1. The predicted molar refractivity (Wildman–Crippen MR) is 136 cm³/mol. The average Bonchev–Trinajstić information content (AvgIpc) is 2.87. The van der Waals surface area contributed by atoms with Crippen LogP contribution in [0.25, 0.3) is 0 Å². The van der Waals surface area contributed by atoms with E-state index in [9.17, 15) is 4.79 Å². The summed E-state index contributed by atoms with van der Waals surface area (Å²) in [5.41, 5.74) is 4.15. The van der Waals surface area contributed by atoms with Gasteiger partial charge in [-0.2, -0.15) is 0 Å². The summed E-state index contributed by atoms with van der Waals surface area (Å²) in [4.78, 5) is 13.4. The zero-order chi connectivity index (χ0) is 24.5. The third-order valence-corrected chi connectivity index (χ3v) is 5.54. The second-order valence-corrected chi connectivity index (χ2v) is 8.20. The lowest BCUT2D eigenvalue weighted by molar-refractivity contribution is 0.103. The second-order valence-electron chi connectivity index (χ2n) is 8.20. The topological polar surface area (TPSA) is 56.8 Å². The maximum absolute atomic E-state index is 13.4. The Morgan fingerprint density at radius 1 is 0.941 bits per heavy atom. The van der Waals surface area contributed by atoms with E-state index in [1.54, 1.807) is 20.3 Å². The van der Waals surface area contributed by atoms with Gasteiger partial charge >= 0.3 is 0 Å². The summed E-state index contributed by atoms with van der Waals surface area (Å²) in [7, 11) is 3.26. The fourth-order valence-electron chi connectivity index (χ4n) is 3.61. The first-order valence-electron chi connectivity index (χ1n) is 11.3. The van der Waals surface area contributed by atoms with Gasteiger partial charge in [0.1, 0.15) is 23.9 Å². The zero-order valence-corrected chi connectivity index (χ0v) is 20.2. The van der Waals surface area contributed by atoms with Crippen molar-refractivity contribution in [2.75, 3.05) is 32.7 Å². The van der Waals surface area contributed by atoms with Crippen molar-refractivity contribution < 1.29 is 19.0 Å². The molecule has 0 saturated carbocycles. The minimum atomic E-state index is -0.0768. The maximum atomic E-state index is 13.4. The number of rotatable bonds is 11. The van der Waals surface area contributed by atoms with Crippen molar-refractivity contribution in [1.82, 2.24) is 0 Å². The van der Waals surface area contributed by atoms with Crippen molar-refractivity contribution in [2.45, 2.75) is 26.2 Å². The van der Waals surface area contributed by atoms with Crippen molar-refractivity contribution in [2.24, 2.45) is 0 Å². The summed E-state index contributed by atoms with van der Waals surface area (Å²) >= 11 is 0. The smallest absolute Gasteiger partial charge is 0.195 e. The first-order valence-corrected chi connectivity index (χ1v) is 11.3. The van der Waals surface area contributed by atoms with E-state index in [4.69, 9.17) is 20.6 Å². The van der Waals surface area contributed by atoms with Gasteiger partial charge in [0.15, 0.2) is 5.78 Å². The van der Waals surface area contributed by atoms with Crippen LogP contribution in [0.15, 0.2) is 60.7 Å². The average molecular weight is 458 g/mol. The Bertz CT molecular complexity index is 1140. The van der Waals surface area contributed by atoms with Gasteiger partial charge in [0.25, 0.3) is 0 Å². The summed E-state index contributed by atoms with van der Waals surface area (Å²) in [6.45, 7) is 5.01. The van der Waals surface area contributed by atoms with Crippen LogP contribution < -0.4 is 19.5 Å². The molecule has 0 saturated heterocycles. The Balaban J connectivity index is 1.82. The van der Waals surface area contributed by atoms with Crippen LogP contribution in [-0.2, 0) is 6.42 Å². The molecule has 5 nitrogen and oxygen atoms in total. The molecule has 3 rings (SSSR count). The first kappa shape index (κ1) is 24.7. The van der Waals surface area contributed by atoms with Crippen LogP contribution in [0, 0.1) is 12.3 Å².